The zero-order valence-electron chi connectivity index (χ0n) is 62.8. The van der Waals surface area contributed by atoms with E-state index >= 15 is 0 Å². The Morgan fingerprint density at radius 2 is 0.540 bits per heavy atom. The molecule has 0 aromatic rings. The van der Waals surface area contributed by atoms with E-state index in [0.717, 1.165) is 141 Å². The number of carbonyl (C=O) groups is 4. The van der Waals surface area contributed by atoms with E-state index < -0.39 is 97.5 Å². The van der Waals surface area contributed by atoms with Crippen LogP contribution >= 0.6 is 15.6 Å². The van der Waals surface area contributed by atoms with Gasteiger partial charge in [0.2, 0.25) is 0 Å². The topological polar surface area (TPSA) is 237 Å². The fraction of sp³-hybridized carbons (Fsp3) is 0.728. The zero-order valence-corrected chi connectivity index (χ0v) is 64.6. The highest BCUT2D eigenvalue weighted by atomic mass is 31.2. The highest BCUT2D eigenvalue weighted by molar-refractivity contribution is 7.47. The molecule has 0 bridgehead atoms. The molecule has 0 aromatic carbocycles. The third-order valence-corrected chi connectivity index (χ3v) is 18.1. The predicted octanol–water partition coefficient (Wildman–Crippen LogP) is 22.6. The molecule has 0 fully saturated rings. The summed E-state index contributed by atoms with van der Waals surface area (Å²) in [6.07, 6.45) is 78.0. The molecule has 0 radical (unpaired) electrons. The van der Waals surface area contributed by atoms with Crippen molar-refractivity contribution in [3.63, 3.8) is 0 Å². The van der Waals surface area contributed by atoms with Crippen molar-refractivity contribution in [1.29, 1.82) is 0 Å². The first-order chi connectivity index (χ1) is 48.7. The normalized spacial score (nSPS) is 14.5. The van der Waals surface area contributed by atoms with Crippen LogP contribution in [0.2, 0.25) is 0 Å². The number of esters is 4. The Labute approximate surface area is 607 Å². The summed E-state index contributed by atoms with van der Waals surface area (Å²) in [5.41, 5.74) is 0. The lowest BCUT2D eigenvalue weighted by atomic mass is 10.1. The number of phosphoric ester groups is 2. The summed E-state index contributed by atoms with van der Waals surface area (Å²) in [5.74, 6) is -2.29. The van der Waals surface area contributed by atoms with Crippen molar-refractivity contribution < 1.29 is 80.2 Å². The number of ether oxygens (including phenoxy) is 4. The van der Waals surface area contributed by atoms with Gasteiger partial charge in [-0.25, -0.2) is 9.13 Å². The molecule has 17 nitrogen and oxygen atoms in total. The van der Waals surface area contributed by atoms with Crippen LogP contribution in [0, 0.1) is 0 Å². The molecule has 0 aliphatic rings. The molecular weight excluding hydrogens is 1310 g/mol. The van der Waals surface area contributed by atoms with Crippen LogP contribution in [0.5, 0.6) is 0 Å². The van der Waals surface area contributed by atoms with Crippen LogP contribution < -0.4 is 0 Å². The molecule has 0 saturated heterocycles. The van der Waals surface area contributed by atoms with Crippen LogP contribution in [-0.2, 0) is 65.4 Å². The molecule has 19 heteroatoms. The Morgan fingerprint density at radius 1 is 0.290 bits per heavy atom. The standard InChI is InChI=1S/C81H140O17P2/c1-5-9-13-17-21-25-29-32-35-36-37-38-41-43-47-50-54-58-62-66-79(84)92-72-77(98-81(86)68-64-60-56-52-48-44-40-34-31-27-23-19-15-11-7-3)74-96-100(89,90)94-70-75(82)69-93-99(87,88)95-73-76(97-80(85)67-63-59-55-51-45-28-24-20-16-12-8-4)71-91-78(83)65-61-57-53-49-46-42-39-33-30-26-22-18-14-10-6-2/h9,13,21-22,25-26,32-35,37-40,43,47,54,58,75-77,82H,5-8,10-12,14-20,23-24,27-31,36,41-42,44-46,48-53,55-57,59-74H2,1-4H3,(H,87,88)(H,89,90)/b13-9-,25-21-,26-22-,35-32-,38-37-,39-33-,40-34-,47-43-,58-54-. The molecule has 0 amide bonds. The van der Waals surface area contributed by atoms with E-state index in [2.05, 4.69) is 119 Å². The first-order valence-electron chi connectivity index (χ1n) is 39.1. The Bertz CT molecular complexity index is 2320. The fourth-order valence-corrected chi connectivity index (χ4v) is 11.9. The molecule has 0 saturated carbocycles. The number of unbranched alkanes of at least 4 members (excludes halogenated alkanes) is 29. The molecule has 5 unspecified atom stereocenters. The van der Waals surface area contributed by atoms with Crippen LogP contribution in [0.15, 0.2) is 109 Å². The number of rotatable bonds is 73. The second-order valence-electron chi connectivity index (χ2n) is 25.9. The summed E-state index contributed by atoms with van der Waals surface area (Å²) < 4.78 is 68.4. The monoisotopic (exact) mass is 1450 g/mol. The highest BCUT2D eigenvalue weighted by Crippen LogP contribution is 2.45. The third kappa shape index (κ3) is 72.1. The molecule has 5 atom stereocenters. The van der Waals surface area contributed by atoms with Gasteiger partial charge in [-0.2, -0.15) is 0 Å². The quantitative estimate of drug-likeness (QED) is 0.0169. The Hall–Kier alpha value is -4.28. The van der Waals surface area contributed by atoms with Crippen molar-refractivity contribution in [1.82, 2.24) is 0 Å². The molecule has 0 aromatic heterocycles. The van der Waals surface area contributed by atoms with Crippen molar-refractivity contribution >= 4 is 39.5 Å². The number of phosphoric acid groups is 2. The summed E-state index contributed by atoms with van der Waals surface area (Å²) in [4.78, 5) is 72.8. The van der Waals surface area contributed by atoms with E-state index in [1.54, 1.807) is 0 Å². The van der Waals surface area contributed by atoms with E-state index in [1.165, 1.54) is 96.3 Å². The van der Waals surface area contributed by atoms with Crippen molar-refractivity contribution in [2.45, 2.75) is 341 Å². The SMILES string of the molecule is CC/C=C\C/C=C\C/C=C\C/C=C\C/C=C\C/C=C\CCC(=O)OCC(COP(=O)(O)OCC(O)COP(=O)(O)OCC(COC(=O)CCCCCCC/C=C\C/C=C\CCCCC)OC(=O)CCCCCCCCCCCCC)OC(=O)CCCCCCC/C=C\CCCCCCCC. The molecule has 576 valence electrons. The predicted molar refractivity (Wildman–Crippen MR) is 408 cm³/mol. The number of allylic oxidation sites excluding steroid dienone is 18. The molecule has 0 aliphatic heterocycles. The van der Waals surface area contributed by atoms with Gasteiger partial charge >= 0.3 is 39.5 Å². The maximum atomic E-state index is 13.1. The number of aliphatic hydroxyl groups excluding tert-OH is 1. The minimum atomic E-state index is -4.99. The summed E-state index contributed by atoms with van der Waals surface area (Å²) in [7, 11) is -9.97. The summed E-state index contributed by atoms with van der Waals surface area (Å²) in [5, 5.41) is 10.6. The van der Waals surface area contributed by atoms with Crippen molar-refractivity contribution in [2.24, 2.45) is 0 Å². The van der Waals surface area contributed by atoms with Gasteiger partial charge in [0.25, 0.3) is 0 Å². The minimum absolute atomic E-state index is 0.0340. The van der Waals surface area contributed by atoms with Crippen LogP contribution in [0.1, 0.15) is 323 Å². The average molecular weight is 1450 g/mol. The largest absolute Gasteiger partial charge is 0.472 e. The fourth-order valence-electron chi connectivity index (χ4n) is 10.3. The van der Waals surface area contributed by atoms with Gasteiger partial charge in [0.05, 0.1) is 26.4 Å². The molecule has 0 spiro atoms. The maximum absolute atomic E-state index is 13.1. The average Bonchev–Trinajstić information content (AvgIpc) is 0.985. The number of aliphatic hydroxyl groups is 1. The second kappa shape index (κ2) is 73.0. The van der Waals surface area contributed by atoms with Gasteiger partial charge in [-0.05, 0) is 122 Å². The Morgan fingerprint density at radius 3 is 0.890 bits per heavy atom. The third-order valence-electron chi connectivity index (χ3n) is 16.2. The van der Waals surface area contributed by atoms with Gasteiger partial charge in [-0.3, -0.25) is 37.3 Å². The Kier molecular flexibility index (Phi) is 69.9. The lowest BCUT2D eigenvalue weighted by molar-refractivity contribution is -0.161. The van der Waals surface area contributed by atoms with Gasteiger partial charge < -0.3 is 33.8 Å². The van der Waals surface area contributed by atoms with E-state index in [-0.39, 0.29) is 25.7 Å². The lowest BCUT2D eigenvalue weighted by Crippen LogP contribution is -2.30. The van der Waals surface area contributed by atoms with Crippen LogP contribution in [-0.4, -0.2) is 96.7 Å². The summed E-state index contributed by atoms with van der Waals surface area (Å²) in [6.45, 7) is 4.63. The van der Waals surface area contributed by atoms with Gasteiger partial charge in [0, 0.05) is 25.7 Å². The Balaban J connectivity index is 5.40. The first kappa shape index (κ1) is 95.7. The maximum Gasteiger partial charge on any atom is 0.472 e. The summed E-state index contributed by atoms with van der Waals surface area (Å²) in [6, 6.07) is 0. The molecule has 0 aliphatic carbocycles. The first-order valence-corrected chi connectivity index (χ1v) is 42.1. The smallest absolute Gasteiger partial charge is 0.462 e. The van der Waals surface area contributed by atoms with Gasteiger partial charge in [-0.1, -0.05) is 285 Å². The summed E-state index contributed by atoms with van der Waals surface area (Å²) >= 11 is 0. The molecule has 100 heavy (non-hydrogen) atoms. The van der Waals surface area contributed by atoms with Gasteiger partial charge in [0.15, 0.2) is 12.2 Å². The van der Waals surface area contributed by atoms with Crippen molar-refractivity contribution in [3.05, 3.63) is 109 Å². The zero-order chi connectivity index (χ0) is 73.2. The number of carbonyl (C=O) groups excluding carboxylic acids is 4. The second-order valence-corrected chi connectivity index (χ2v) is 28.8. The molecular formula is C81H140O17P2. The van der Waals surface area contributed by atoms with Crippen LogP contribution in [0.4, 0.5) is 0 Å². The minimum Gasteiger partial charge on any atom is -0.462 e. The molecule has 0 rings (SSSR count). The van der Waals surface area contributed by atoms with Crippen LogP contribution in [0.3, 0.4) is 0 Å². The van der Waals surface area contributed by atoms with E-state index in [4.69, 9.17) is 37.0 Å². The molecule has 0 heterocycles. The van der Waals surface area contributed by atoms with Gasteiger partial charge in [0.1, 0.15) is 19.3 Å². The van der Waals surface area contributed by atoms with Crippen molar-refractivity contribution in [3.8, 4) is 0 Å². The number of hydrogen-bond acceptors (Lipinski definition) is 15. The van der Waals surface area contributed by atoms with E-state index in [9.17, 15) is 43.2 Å². The lowest BCUT2D eigenvalue weighted by Gasteiger charge is -2.21. The van der Waals surface area contributed by atoms with Crippen LogP contribution in [0.25, 0.3) is 0 Å². The van der Waals surface area contributed by atoms with Crippen molar-refractivity contribution in [2.75, 3.05) is 39.6 Å². The molecule has 3 N–H and O–H groups in total. The van der Waals surface area contributed by atoms with E-state index in [1.807, 2.05) is 18.2 Å². The van der Waals surface area contributed by atoms with Gasteiger partial charge in [-0.15, -0.1) is 0 Å². The number of hydrogen-bond donors (Lipinski definition) is 3. The highest BCUT2D eigenvalue weighted by Gasteiger charge is 2.30. The van der Waals surface area contributed by atoms with E-state index in [0.29, 0.717) is 32.1 Å².